The van der Waals surface area contributed by atoms with Gasteiger partial charge in [-0.25, -0.2) is 0 Å². The molecule has 0 aliphatic heterocycles. The lowest BCUT2D eigenvalue weighted by Gasteiger charge is -2.25. The molecule has 0 aliphatic rings. The van der Waals surface area contributed by atoms with E-state index in [9.17, 15) is 4.79 Å². The lowest BCUT2D eigenvalue weighted by molar-refractivity contribution is -0.127. The number of carbonyl (C=O) groups is 1. The molecule has 0 aromatic carbocycles. The second kappa shape index (κ2) is 4.10. The Morgan fingerprint density at radius 3 is 2.42 bits per heavy atom. The molecule has 0 saturated carbocycles. The van der Waals surface area contributed by atoms with Gasteiger partial charge in [0, 0.05) is 5.92 Å². The maximum atomic E-state index is 11.3. The quantitative estimate of drug-likeness (QED) is 0.632. The second-order valence-electron chi connectivity index (χ2n) is 3.96. The Kier molecular flexibility index (Phi) is 3.75. The first-order valence-electron chi connectivity index (χ1n) is 4.04. The number of amides is 1. The number of nitriles is 1. The van der Waals surface area contributed by atoms with Crippen LogP contribution in [0.4, 0.5) is 0 Å². The number of nitrogens with one attached hydrogen (secondary N) is 1. The van der Waals surface area contributed by atoms with Crippen LogP contribution in [0.3, 0.4) is 0 Å². The summed E-state index contributed by atoms with van der Waals surface area (Å²) >= 11 is 0. The van der Waals surface area contributed by atoms with Gasteiger partial charge in [0.2, 0.25) is 5.91 Å². The van der Waals surface area contributed by atoms with E-state index in [1.54, 1.807) is 0 Å². The van der Waals surface area contributed by atoms with Crippen molar-refractivity contribution in [1.82, 2.24) is 5.32 Å². The molecular weight excluding hydrogens is 152 g/mol. The lowest BCUT2D eigenvalue weighted by Crippen LogP contribution is -2.36. The largest absolute Gasteiger partial charge is 0.343 e. The van der Waals surface area contributed by atoms with E-state index in [1.807, 2.05) is 33.8 Å². The minimum absolute atomic E-state index is 0.0421. The molecule has 0 bridgehead atoms. The fraction of sp³-hybridized carbons (Fsp3) is 0.778. The minimum Gasteiger partial charge on any atom is -0.343 e. The van der Waals surface area contributed by atoms with Crippen LogP contribution in [0, 0.1) is 22.7 Å². The van der Waals surface area contributed by atoms with Crippen LogP contribution in [0.5, 0.6) is 0 Å². The van der Waals surface area contributed by atoms with Crippen molar-refractivity contribution in [2.45, 2.75) is 27.7 Å². The molecule has 12 heavy (non-hydrogen) atoms. The number of carbonyl (C=O) groups excluding carboxylic acids is 1. The number of rotatable bonds is 2. The fourth-order valence-electron chi connectivity index (χ4n) is 0.673. The summed E-state index contributed by atoms with van der Waals surface area (Å²) in [5.74, 6) is -0.116. The molecule has 0 saturated heterocycles. The predicted octanol–water partition coefficient (Wildman–Crippen LogP) is 1.31. The Labute approximate surface area is 73.8 Å². The molecule has 0 rings (SSSR count). The van der Waals surface area contributed by atoms with Crippen molar-refractivity contribution >= 4 is 5.91 Å². The summed E-state index contributed by atoms with van der Waals surface area (Å²) in [7, 11) is 0. The van der Waals surface area contributed by atoms with Gasteiger partial charge in [-0.3, -0.25) is 4.79 Å². The van der Waals surface area contributed by atoms with Crippen molar-refractivity contribution in [1.29, 1.82) is 5.26 Å². The van der Waals surface area contributed by atoms with Gasteiger partial charge in [-0.2, -0.15) is 5.26 Å². The summed E-state index contributed by atoms with van der Waals surface area (Å²) in [6, 6.07) is 1.87. The Morgan fingerprint density at radius 2 is 2.08 bits per heavy atom. The molecule has 3 nitrogen and oxygen atoms in total. The molecule has 0 heterocycles. The maximum absolute atomic E-state index is 11.3. The first-order chi connectivity index (χ1) is 5.39. The molecule has 0 aromatic rings. The Bertz CT molecular complexity index is 198. The van der Waals surface area contributed by atoms with Gasteiger partial charge in [0.25, 0.3) is 0 Å². The van der Waals surface area contributed by atoms with Gasteiger partial charge in [-0.15, -0.1) is 0 Å². The van der Waals surface area contributed by atoms with Gasteiger partial charge in [-0.1, -0.05) is 27.7 Å². The average molecular weight is 168 g/mol. The third kappa shape index (κ3) is 3.38. The second-order valence-corrected chi connectivity index (χ2v) is 3.96. The Balaban J connectivity index is 4.04. The van der Waals surface area contributed by atoms with Crippen LogP contribution in [-0.2, 0) is 4.79 Å². The summed E-state index contributed by atoms with van der Waals surface area (Å²) in [4.78, 5) is 11.3. The molecule has 3 heteroatoms. The third-order valence-electron chi connectivity index (χ3n) is 2.03. The molecule has 0 aromatic heterocycles. The topological polar surface area (TPSA) is 52.9 Å². The Morgan fingerprint density at radius 1 is 1.58 bits per heavy atom. The van der Waals surface area contributed by atoms with E-state index in [2.05, 4.69) is 5.32 Å². The first-order valence-corrected chi connectivity index (χ1v) is 4.04. The van der Waals surface area contributed by atoms with E-state index in [1.165, 1.54) is 0 Å². The van der Waals surface area contributed by atoms with Gasteiger partial charge in [0.1, 0.15) is 6.54 Å². The van der Waals surface area contributed by atoms with Crippen molar-refractivity contribution in [2.24, 2.45) is 11.3 Å². The first kappa shape index (κ1) is 11.0. The number of nitrogens with zero attached hydrogens (tertiary/aromatic N) is 1. The van der Waals surface area contributed by atoms with Gasteiger partial charge in [-0.05, 0) is 5.41 Å². The van der Waals surface area contributed by atoms with E-state index in [0.29, 0.717) is 0 Å². The zero-order chi connectivity index (χ0) is 9.78. The molecular formula is C9H16N2O. The normalized spacial score (nSPS) is 13.2. The van der Waals surface area contributed by atoms with Gasteiger partial charge < -0.3 is 5.32 Å². The molecule has 68 valence electrons. The molecule has 0 aliphatic carbocycles. The molecule has 1 unspecified atom stereocenters. The number of hydrogen-bond donors (Lipinski definition) is 1. The molecule has 1 atom stereocenters. The molecule has 0 fully saturated rings. The summed E-state index contributed by atoms with van der Waals surface area (Å²) in [6.45, 7) is 7.98. The van der Waals surface area contributed by atoms with Crippen molar-refractivity contribution in [2.75, 3.05) is 6.54 Å². The van der Waals surface area contributed by atoms with Crippen LogP contribution in [0.15, 0.2) is 0 Å². The summed E-state index contributed by atoms with van der Waals surface area (Å²) < 4.78 is 0. The highest BCUT2D eigenvalue weighted by atomic mass is 16.1. The van der Waals surface area contributed by atoms with E-state index >= 15 is 0 Å². The van der Waals surface area contributed by atoms with Crippen LogP contribution < -0.4 is 5.32 Å². The lowest BCUT2D eigenvalue weighted by atomic mass is 9.81. The zero-order valence-corrected chi connectivity index (χ0v) is 8.14. The fourth-order valence-corrected chi connectivity index (χ4v) is 0.673. The number of hydrogen-bond acceptors (Lipinski definition) is 2. The smallest absolute Gasteiger partial charge is 0.224 e. The maximum Gasteiger partial charge on any atom is 0.224 e. The van der Waals surface area contributed by atoms with Gasteiger partial charge in [0.15, 0.2) is 0 Å². The van der Waals surface area contributed by atoms with E-state index in [-0.39, 0.29) is 23.8 Å². The van der Waals surface area contributed by atoms with Crippen molar-refractivity contribution < 1.29 is 4.79 Å². The van der Waals surface area contributed by atoms with Crippen LogP contribution >= 0.6 is 0 Å². The van der Waals surface area contributed by atoms with Crippen molar-refractivity contribution in [3.05, 3.63) is 0 Å². The molecule has 0 spiro atoms. The highest BCUT2D eigenvalue weighted by Gasteiger charge is 2.26. The predicted molar refractivity (Wildman–Crippen MR) is 47.2 cm³/mol. The van der Waals surface area contributed by atoms with Gasteiger partial charge >= 0.3 is 0 Å². The highest BCUT2D eigenvalue weighted by Crippen LogP contribution is 2.24. The summed E-state index contributed by atoms with van der Waals surface area (Å²) in [6.07, 6.45) is 0. The van der Waals surface area contributed by atoms with Crippen LogP contribution in [0.25, 0.3) is 0 Å². The van der Waals surface area contributed by atoms with E-state index < -0.39 is 0 Å². The van der Waals surface area contributed by atoms with Crippen LogP contribution in [0.1, 0.15) is 27.7 Å². The van der Waals surface area contributed by atoms with E-state index in [4.69, 9.17) is 5.26 Å². The average Bonchev–Trinajstić information content (AvgIpc) is 1.97. The standard InChI is InChI=1S/C9H16N2O/c1-7(9(2,3)4)8(12)11-6-5-10/h7H,6H2,1-4H3,(H,11,12). The van der Waals surface area contributed by atoms with Gasteiger partial charge in [0.05, 0.1) is 6.07 Å². The minimum atomic E-state index is -0.0640. The van der Waals surface area contributed by atoms with Crippen LogP contribution in [0.2, 0.25) is 0 Å². The molecule has 1 amide bonds. The third-order valence-corrected chi connectivity index (χ3v) is 2.03. The van der Waals surface area contributed by atoms with Crippen molar-refractivity contribution in [3.8, 4) is 6.07 Å². The Hall–Kier alpha value is -1.04. The summed E-state index contributed by atoms with van der Waals surface area (Å²) in [5.41, 5.74) is -0.0421. The monoisotopic (exact) mass is 168 g/mol. The zero-order valence-electron chi connectivity index (χ0n) is 8.14. The van der Waals surface area contributed by atoms with E-state index in [0.717, 1.165) is 0 Å². The molecule has 1 N–H and O–H groups in total. The van der Waals surface area contributed by atoms with Crippen LogP contribution in [-0.4, -0.2) is 12.5 Å². The molecule has 0 radical (unpaired) electrons. The highest BCUT2D eigenvalue weighted by molar-refractivity contribution is 5.79. The summed E-state index contributed by atoms with van der Waals surface area (Å²) in [5, 5.41) is 10.8. The van der Waals surface area contributed by atoms with Crippen molar-refractivity contribution in [3.63, 3.8) is 0 Å². The SMILES string of the molecule is CC(C(=O)NCC#N)C(C)(C)C.